The van der Waals surface area contributed by atoms with E-state index in [2.05, 4.69) is 0 Å². The van der Waals surface area contributed by atoms with E-state index in [4.69, 9.17) is 4.74 Å². The molecule has 36 heavy (non-hydrogen) atoms. The molecule has 1 unspecified atom stereocenters. The van der Waals surface area contributed by atoms with Crippen molar-refractivity contribution in [2.45, 2.75) is 12.5 Å². The number of benzene rings is 4. The lowest BCUT2D eigenvalue weighted by Crippen LogP contribution is -2.08. The van der Waals surface area contributed by atoms with E-state index in [1.54, 1.807) is 30.3 Å². The molecule has 0 amide bonds. The maximum atomic E-state index is 11.6. The first kappa shape index (κ1) is 24.4. The van der Waals surface area contributed by atoms with E-state index in [9.17, 15) is 24.9 Å². The molecule has 4 aromatic carbocycles. The van der Waals surface area contributed by atoms with Crippen molar-refractivity contribution in [1.29, 1.82) is 0 Å². The first-order valence-corrected chi connectivity index (χ1v) is 11.3. The molecule has 0 spiro atoms. The summed E-state index contributed by atoms with van der Waals surface area (Å²) in [5.41, 5.74) is 2.10. The molecule has 0 aliphatic heterocycles. The van der Waals surface area contributed by atoms with Gasteiger partial charge < -0.3 is 20.1 Å². The summed E-state index contributed by atoms with van der Waals surface area (Å²) >= 11 is 0. The SMILES string of the molecule is O=C(O)c1ccc(/C=C(/Cc2ccccc2)C(O)c2ccc(Oc3ccccc3)cc2)cc1C(=O)O. The minimum absolute atomic E-state index is 0.293. The highest BCUT2D eigenvalue weighted by atomic mass is 16.5. The number of ether oxygens (including phenoxy) is 1. The lowest BCUT2D eigenvalue weighted by Gasteiger charge is -2.17. The number of carboxylic acids is 2. The van der Waals surface area contributed by atoms with Gasteiger partial charge >= 0.3 is 11.9 Å². The van der Waals surface area contributed by atoms with Crippen LogP contribution in [0.5, 0.6) is 11.5 Å². The second kappa shape index (κ2) is 11.2. The normalized spacial score (nSPS) is 12.1. The zero-order chi connectivity index (χ0) is 25.5. The number of aliphatic hydroxyl groups excluding tert-OH is 1. The number of hydrogen-bond donors (Lipinski definition) is 3. The average molecular weight is 481 g/mol. The van der Waals surface area contributed by atoms with E-state index in [0.717, 1.165) is 5.56 Å². The summed E-state index contributed by atoms with van der Waals surface area (Å²) in [7, 11) is 0. The van der Waals surface area contributed by atoms with E-state index >= 15 is 0 Å². The predicted octanol–water partition coefficient (Wildman–Crippen LogP) is 6.24. The third-order valence-electron chi connectivity index (χ3n) is 5.63. The van der Waals surface area contributed by atoms with Crippen LogP contribution in [-0.4, -0.2) is 27.3 Å². The summed E-state index contributed by atoms with van der Waals surface area (Å²) in [6, 6.07) is 30.2. The molecule has 4 rings (SSSR count). The molecule has 0 heterocycles. The highest BCUT2D eigenvalue weighted by molar-refractivity contribution is 6.02. The van der Waals surface area contributed by atoms with Gasteiger partial charge in [-0.05, 0) is 65.1 Å². The number of aliphatic hydroxyl groups is 1. The molecule has 180 valence electrons. The monoisotopic (exact) mass is 480 g/mol. The van der Waals surface area contributed by atoms with Crippen molar-refractivity contribution in [3.63, 3.8) is 0 Å². The summed E-state index contributed by atoms with van der Waals surface area (Å²) in [4.78, 5) is 23.0. The Hall–Kier alpha value is -4.68. The number of carboxylic acid groups (broad SMARTS) is 2. The molecule has 0 bridgehead atoms. The Bertz CT molecular complexity index is 1380. The summed E-state index contributed by atoms with van der Waals surface area (Å²) in [5, 5.41) is 30.1. The number of para-hydroxylation sites is 1. The van der Waals surface area contributed by atoms with E-state index < -0.39 is 18.0 Å². The maximum Gasteiger partial charge on any atom is 0.336 e. The van der Waals surface area contributed by atoms with Crippen LogP contribution in [-0.2, 0) is 6.42 Å². The third-order valence-corrected chi connectivity index (χ3v) is 5.63. The van der Waals surface area contributed by atoms with E-state index in [-0.39, 0.29) is 11.1 Å². The fourth-order valence-electron chi connectivity index (χ4n) is 3.84. The molecular formula is C30H24O6. The molecule has 6 nitrogen and oxygen atoms in total. The van der Waals surface area contributed by atoms with Gasteiger partial charge in [0, 0.05) is 0 Å². The largest absolute Gasteiger partial charge is 0.478 e. The maximum absolute atomic E-state index is 11.6. The van der Waals surface area contributed by atoms with Crippen molar-refractivity contribution in [2.75, 3.05) is 0 Å². The second-order valence-electron chi connectivity index (χ2n) is 8.18. The molecule has 0 saturated heterocycles. The van der Waals surface area contributed by atoms with Gasteiger partial charge in [-0.25, -0.2) is 9.59 Å². The van der Waals surface area contributed by atoms with Gasteiger partial charge in [-0.3, -0.25) is 0 Å². The number of hydrogen-bond acceptors (Lipinski definition) is 4. The van der Waals surface area contributed by atoms with Crippen LogP contribution in [0.1, 0.15) is 43.5 Å². The predicted molar refractivity (Wildman–Crippen MR) is 136 cm³/mol. The van der Waals surface area contributed by atoms with Crippen LogP contribution in [0, 0.1) is 0 Å². The van der Waals surface area contributed by atoms with Crippen molar-refractivity contribution >= 4 is 18.0 Å². The van der Waals surface area contributed by atoms with Crippen LogP contribution in [0.4, 0.5) is 0 Å². The highest BCUT2D eigenvalue weighted by Gasteiger charge is 2.18. The Kier molecular flexibility index (Phi) is 7.58. The van der Waals surface area contributed by atoms with E-state index in [1.807, 2.05) is 60.7 Å². The minimum Gasteiger partial charge on any atom is -0.478 e. The van der Waals surface area contributed by atoms with Crippen LogP contribution in [0.2, 0.25) is 0 Å². The molecular weight excluding hydrogens is 456 g/mol. The molecule has 0 fully saturated rings. The second-order valence-corrected chi connectivity index (χ2v) is 8.18. The molecule has 3 N–H and O–H groups in total. The summed E-state index contributed by atoms with van der Waals surface area (Å²) < 4.78 is 5.83. The quantitative estimate of drug-likeness (QED) is 0.262. The Morgan fingerprint density at radius 2 is 1.31 bits per heavy atom. The Morgan fingerprint density at radius 1 is 0.722 bits per heavy atom. The van der Waals surface area contributed by atoms with Gasteiger partial charge in [-0.15, -0.1) is 0 Å². The molecule has 0 saturated carbocycles. The van der Waals surface area contributed by atoms with Crippen LogP contribution in [0.15, 0.2) is 109 Å². The van der Waals surface area contributed by atoms with Crippen LogP contribution in [0.3, 0.4) is 0 Å². The van der Waals surface area contributed by atoms with Gasteiger partial charge in [0.1, 0.15) is 17.6 Å². The van der Waals surface area contributed by atoms with Crippen molar-refractivity contribution in [1.82, 2.24) is 0 Å². The summed E-state index contributed by atoms with van der Waals surface area (Å²) in [6.45, 7) is 0. The Morgan fingerprint density at radius 3 is 1.92 bits per heavy atom. The van der Waals surface area contributed by atoms with Gasteiger partial charge in [0.05, 0.1) is 11.1 Å². The molecule has 0 radical (unpaired) electrons. The molecule has 4 aromatic rings. The first-order valence-electron chi connectivity index (χ1n) is 11.3. The van der Waals surface area contributed by atoms with Crippen LogP contribution in [0.25, 0.3) is 6.08 Å². The fourth-order valence-corrected chi connectivity index (χ4v) is 3.84. The topological polar surface area (TPSA) is 104 Å². The van der Waals surface area contributed by atoms with E-state index in [1.165, 1.54) is 18.2 Å². The minimum atomic E-state index is -1.33. The van der Waals surface area contributed by atoms with Crippen LogP contribution < -0.4 is 4.74 Å². The van der Waals surface area contributed by atoms with Gasteiger partial charge in [0.15, 0.2) is 0 Å². The Balaban J connectivity index is 1.66. The van der Waals surface area contributed by atoms with Crippen molar-refractivity contribution in [2.24, 2.45) is 0 Å². The zero-order valence-electron chi connectivity index (χ0n) is 19.2. The molecule has 0 aliphatic rings. The van der Waals surface area contributed by atoms with Crippen molar-refractivity contribution < 1.29 is 29.6 Å². The van der Waals surface area contributed by atoms with Crippen LogP contribution >= 0.6 is 0 Å². The van der Waals surface area contributed by atoms with Gasteiger partial charge in [-0.1, -0.05) is 72.8 Å². The lowest BCUT2D eigenvalue weighted by atomic mass is 9.93. The third kappa shape index (κ3) is 6.05. The highest BCUT2D eigenvalue weighted by Crippen LogP contribution is 2.30. The van der Waals surface area contributed by atoms with Gasteiger partial charge in [-0.2, -0.15) is 0 Å². The van der Waals surface area contributed by atoms with Gasteiger partial charge in [0.25, 0.3) is 0 Å². The zero-order valence-corrected chi connectivity index (χ0v) is 19.2. The fraction of sp³-hybridized carbons (Fsp3) is 0.0667. The molecule has 1 atom stereocenters. The summed E-state index contributed by atoms with van der Waals surface area (Å²) in [6.07, 6.45) is 1.13. The van der Waals surface area contributed by atoms with Crippen molar-refractivity contribution in [3.8, 4) is 11.5 Å². The Labute approximate surface area is 208 Å². The standard InChI is InChI=1S/C30H24O6/c31-28(22-12-14-25(15-13-22)36-24-9-5-2-6-10-24)23(17-20-7-3-1-4-8-20)18-21-11-16-26(29(32)33)27(19-21)30(34)35/h1-16,18-19,28,31H,17H2,(H,32,33)(H,34,35)/b23-18-. The number of rotatable bonds is 9. The average Bonchev–Trinajstić information content (AvgIpc) is 2.89. The smallest absolute Gasteiger partial charge is 0.336 e. The van der Waals surface area contributed by atoms with Gasteiger partial charge in [0.2, 0.25) is 0 Å². The molecule has 0 aromatic heterocycles. The van der Waals surface area contributed by atoms with Crippen molar-refractivity contribution in [3.05, 3.63) is 137 Å². The molecule has 6 heteroatoms. The molecule has 0 aliphatic carbocycles. The van der Waals surface area contributed by atoms with E-state index in [0.29, 0.717) is 34.6 Å². The number of carbonyl (C=O) groups is 2. The number of aromatic carboxylic acids is 2. The first-order chi connectivity index (χ1) is 17.4. The lowest BCUT2D eigenvalue weighted by molar-refractivity contribution is 0.0651. The summed E-state index contributed by atoms with van der Waals surface area (Å²) in [5.74, 6) is -1.32.